The minimum absolute atomic E-state index is 0.0774. The first-order valence-corrected chi connectivity index (χ1v) is 8.16. The van der Waals surface area contributed by atoms with E-state index in [1.165, 1.54) is 0 Å². The second kappa shape index (κ2) is 7.38. The molecule has 0 aliphatic carbocycles. The number of rotatable bonds is 5. The molecule has 110 valence electrons. The summed E-state index contributed by atoms with van der Waals surface area (Å²) in [5.74, 6) is -0.0774. The summed E-state index contributed by atoms with van der Waals surface area (Å²) in [5, 5.41) is 6.77. The Labute approximate surface area is 134 Å². The molecule has 2 aromatic rings. The largest absolute Gasteiger partial charge is 0.374 e. The average molecular weight is 321 g/mol. The average Bonchev–Trinajstić information content (AvgIpc) is 2.50. The van der Waals surface area contributed by atoms with Gasteiger partial charge in [0.1, 0.15) is 6.04 Å². The monoisotopic (exact) mass is 320 g/mol. The zero-order valence-corrected chi connectivity index (χ0v) is 13.5. The van der Waals surface area contributed by atoms with Gasteiger partial charge in [-0.1, -0.05) is 23.7 Å². The van der Waals surface area contributed by atoms with Crippen LogP contribution in [0.4, 0.5) is 11.4 Å². The molecule has 0 saturated heterocycles. The Morgan fingerprint density at radius 3 is 2.48 bits per heavy atom. The van der Waals surface area contributed by atoms with Crippen molar-refractivity contribution in [2.45, 2.75) is 17.9 Å². The molecule has 0 radical (unpaired) electrons. The van der Waals surface area contributed by atoms with Crippen LogP contribution in [0, 0.1) is 0 Å². The normalized spacial score (nSPS) is 11.8. The molecule has 0 heterocycles. The first kappa shape index (κ1) is 15.7. The highest BCUT2D eigenvalue weighted by Gasteiger charge is 2.14. The summed E-state index contributed by atoms with van der Waals surface area (Å²) < 4.78 is 0. The third-order valence-electron chi connectivity index (χ3n) is 2.99. The summed E-state index contributed by atoms with van der Waals surface area (Å²) in [6.45, 7) is 1.83. The van der Waals surface area contributed by atoms with Crippen LogP contribution in [0.1, 0.15) is 6.92 Å². The lowest BCUT2D eigenvalue weighted by molar-refractivity contribution is -0.116. The topological polar surface area (TPSA) is 41.1 Å². The SMILES string of the molecule is CSc1ccccc1NC(=O)[C@H](C)Nc1ccc(Cl)cc1. The van der Waals surface area contributed by atoms with Crippen LogP contribution in [0.3, 0.4) is 0 Å². The van der Waals surface area contributed by atoms with Gasteiger partial charge in [-0.05, 0) is 49.6 Å². The van der Waals surface area contributed by atoms with Gasteiger partial charge in [-0.25, -0.2) is 0 Å². The summed E-state index contributed by atoms with van der Waals surface area (Å²) in [4.78, 5) is 13.3. The molecule has 0 saturated carbocycles. The Morgan fingerprint density at radius 2 is 1.81 bits per heavy atom. The van der Waals surface area contributed by atoms with Crippen molar-refractivity contribution in [2.24, 2.45) is 0 Å². The first-order valence-electron chi connectivity index (χ1n) is 6.56. The van der Waals surface area contributed by atoms with Crippen molar-refractivity contribution in [3.63, 3.8) is 0 Å². The predicted molar refractivity (Wildman–Crippen MR) is 91.4 cm³/mol. The van der Waals surface area contributed by atoms with Crippen LogP contribution >= 0.6 is 23.4 Å². The van der Waals surface area contributed by atoms with E-state index in [0.717, 1.165) is 16.3 Å². The number of carbonyl (C=O) groups excluding carboxylic acids is 1. The van der Waals surface area contributed by atoms with Gasteiger partial charge in [0.15, 0.2) is 0 Å². The Hall–Kier alpha value is -1.65. The molecule has 1 atom stereocenters. The lowest BCUT2D eigenvalue weighted by Crippen LogP contribution is -2.32. The van der Waals surface area contributed by atoms with E-state index in [1.54, 1.807) is 23.9 Å². The highest BCUT2D eigenvalue weighted by atomic mass is 35.5. The van der Waals surface area contributed by atoms with Gasteiger partial charge in [-0.3, -0.25) is 4.79 Å². The molecule has 0 aliphatic rings. The second-order valence-corrected chi connectivity index (χ2v) is 5.85. The molecule has 0 spiro atoms. The number of hydrogen-bond acceptors (Lipinski definition) is 3. The molecular weight excluding hydrogens is 304 g/mol. The predicted octanol–water partition coefficient (Wildman–Crippen LogP) is 4.50. The maximum atomic E-state index is 12.2. The van der Waals surface area contributed by atoms with Crippen molar-refractivity contribution in [1.29, 1.82) is 0 Å². The van der Waals surface area contributed by atoms with Gasteiger partial charge in [0.05, 0.1) is 5.69 Å². The smallest absolute Gasteiger partial charge is 0.246 e. The van der Waals surface area contributed by atoms with Crippen LogP contribution in [0.25, 0.3) is 0 Å². The third-order valence-corrected chi connectivity index (χ3v) is 4.03. The molecule has 0 aromatic heterocycles. The van der Waals surface area contributed by atoms with E-state index < -0.39 is 0 Å². The lowest BCUT2D eigenvalue weighted by Gasteiger charge is -2.16. The fraction of sp³-hybridized carbons (Fsp3) is 0.188. The maximum absolute atomic E-state index is 12.2. The molecule has 2 aromatic carbocycles. The van der Waals surface area contributed by atoms with Crippen molar-refractivity contribution in [3.8, 4) is 0 Å². The summed E-state index contributed by atoms with van der Waals surface area (Å²) in [5.41, 5.74) is 1.69. The number of hydrogen-bond donors (Lipinski definition) is 2. The van der Waals surface area contributed by atoms with Gasteiger partial charge in [0.2, 0.25) is 5.91 Å². The van der Waals surface area contributed by atoms with Crippen LogP contribution in [-0.2, 0) is 4.79 Å². The van der Waals surface area contributed by atoms with Gasteiger partial charge in [0, 0.05) is 15.6 Å². The molecule has 21 heavy (non-hydrogen) atoms. The molecule has 3 nitrogen and oxygen atoms in total. The van der Waals surface area contributed by atoms with E-state index in [4.69, 9.17) is 11.6 Å². The minimum Gasteiger partial charge on any atom is -0.374 e. The molecule has 2 N–H and O–H groups in total. The third kappa shape index (κ3) is 4.41. The Bertz CT molecular complexity index is 616. The summed E-state index contributed by atoms with van der Waals surface area (Å²) in [6.07, 6.45) is 1.99. The first-order chi connectivity index (χ1) is 10.1. The zero-order valence-electron chi connectivity index (χ0n) is 11.9. The van der Waals surface area contributed by atoms with Crippen LogP contribution in [0.2, 0.25) is 5.02 Å². The molecule has 0 unspecified atom stereocenters. The van der Waals surface area contributed by atoms with E-state index in [9.17, 15) is 4.79 Å². The molecule has 0 aliphatic heterocycles. The van der Waals surface area contributed by atoms with Crippen molar-refractivity contribution in [2.75, 3.05) is 16.9 Å². The van der Waals surface area contributed by atoms with Crippen molar-refractivity contribution in [1.82, 2.24) is 0 Å². The number of para-hydroxylation sites is 1. The minimum atomic E-state index is -0.346. The number of thioether (sulfide) groups is 1. The van der Waals surface area contributed by atoms with Crippen molar-refractivity contribution in [3.05, 3.63) is 53.6 Å². The van der Waals surface area contributed by atoms with Gasteiger partial charge in [0.25, 0.3) is 0 Å². The number of amides is 1. The standard InChI is InChI=1S/C16H17ClN2OS/c1-11(18-13-9-7-12(17)8-10-13)16(20)19-14-5-3-4-6-15(14)21-2/h3-11,18H,1-2H3,(H,19,20)/t11-/m0/s1. The number of halogens is 1. The highest BCUT2D eigenvalue weighted by molar-refractivity contribution is 7.98. The molecular formula is C16H17ClN2OS. The van der Waals surface area contributed by atoms with Gasteiger partial charge in [-0.2, -0.15) is 0 Å². The molecule has 2 rings (SSSR count). The number of benzene rings is 2. The van der Waals surface area contributed by atoms with Crippen LogP contribution < -0.4 is 10.6 Å². The quantitative estimate of drug-likeness (QED) is 0.797. The number of carbonyl (C=O) groups is 1. The fourth-order valence-electron chi connectivity index (χ4n) is 1.85. The van der Waals surface area contributed by atoms with Crippen LogP contribution in [-0.4, -0.2) is 18.2 Å². The van der Waals surface area contributed by atoms with E-state index in [1.807, 2.05) is 49.6 Å². The van der Waals surface area contributed by atoms with Crippen LogP contribution in [0.15, 0.2) is 53.4 Å². The summed E-state index contributed by atoms with van der Waals surface area (Å²) in [6, 6.07) is 14.7. The highest BCUT2D eigenvalue weighted by Crippen LogP contribution is 2.24. The fourth-order valence-corrected chi connectivity index (χ4v) is 2.53. The zero-order chi connectivity index (χ0) is 15.2. The molecule has 0 bridgehead atoms. The van der Waals surface area contributed by atoms with Gasteiger partial charge in [-0.15, -0.1) is 11.8 Å². The molecule has 5 heteroatoms. The molecule has 1 amide bonds. The van der Waals surface area contributed by atoms with Crippen molar-refractivity contribution >= 4 is 40.6 Å². The van der Waals surface area contributed by atoms with Crippen molar-refractivity contribution < 1.29 is 4.79 Å². The summed E-state index contributed by atoms with van der Waals surface area (Å²) >= 11 is 7.45. The number of nitrogens with one attached hydrogen (secondary N) is 2. The molecule has 0 fully saturated rings. The Morgan fingerprint density at radius 1 is 1.14 bits per heavy atom. The van der Waals surface area contributed by atoms with E-state index in [2.05, 4.69) is 10.6 Å². The van der Waals surface area contributed by atoms with E-state index in [0.29, 0.717) is 5.02 Å². The number of anilines is 2. The van der Waals surface area contributed by atoms with Gasteiger partial charge < -0.3 is 10.6 Å². The van der Waals surface area contributed by atoms with Crippen LogP contribution in [0.5, 0.6) is 0 Å². The second-order valence-electron chi connectivity index (χ2n) is 4.56. The van der Waals surface area contributed by atoms with E-state index >= 15 is 0 Å². The maximum Gasteiger partial charge on any atom is 0.246 e. The lowest BCUT2D eigenvalue weighted by atomic mass is 10.2. The summed E-state index contributed by atoms with van der Waals surface area (Å²) in [7, 11) is 0. The Kier molecular flexibility index (Phi) is 5.53. The Balaban J connectivity index is 2.01. The van der Waals surface area contributed by atoms with Gasteiger partial charge >= 0.3 is 0 Å². The van der Waals surface area contributed by atoms with E-state index in [-0.39, 0.29) is 11.9 Å².